The standard InChI is InChI=1S/C10H15N3O2S/c11-5-2-1-3-8(14)13-10-7(9(12)15)4-6-16-10/h4,6H,1-3,5,11H2,(H2,12,15)(H,13,14). The number of hydrogen-bond acceptors (Lipinski definition) is 4. The van der Waals surface area contributed by atoms with E-state index in [2.05, 4.69) is 5.32 Å². The molecule has 0 unspecified atom stereocenters. The minimum Gasteiger partial charge on any atom is -0.366 e. The van der Waals surface area contributed by atoms with Gasteiger partial charge in [-0.25, -0.2) is 0 Å². The van der Waals surface area contributed by atoms with Gasteiger partial charge < -0.3 is 16.8 Å². The summed E-state index contributed by atoms with van der Waals surface area (Å²) in [5, 5.41) is 4.91. The first kappa shape index (κ1) is 12.7. The average molecular weight is 241 g/mol. The van der Waals surface area contributed by atoms with Crippen molar-refractivity contribution in [3.8, 4) is 0 Å². The fourth-order valence-electron chi connectivity index (χ4n) is 1.22. The van der Waals surface area contributed by atoms with Gasteiger partial charge in [-0.2, -0.15) is 0 Å². The molecule has 0 saturated carbocycles. The molecule has 0 aliphatic rings. The maximum Gasteiger partial charge on any atom is 0.251 e. The van der Waals surface area contributed by atoms with Gasteiger partial charge in [0.05, 0.1) is 5.56 Å². The first-order chi connectivity index (χ1) is 7.65. The third-order valence-corrected chi connectivity index (χ3v) is 2.87. The van der Waals surface area contributed by atoms with Crippen molar-refractivity contribution in [2.45, 2.75) is 19.3 Å². The van der Waals surface area contributed by atoms with E-state index in [-0.39, 0.29) is 5.91 Å². The van der Waals surface area contributed by atoms with Crippen LogP contribution in [0.3, 0.4) is 0 Å². The second-order valence-electron chi connectivity index (χ2n) is 3.32. The summed E-state index contributed by atoms with van der Waals surface area (Å²) in [6.45, 7) is 0.582. The summed E-state index contributed by atoms with van der Waals surface area (Å²) in [6.07, 6.45) is 1.98. The van der Waals surface area contributed by atoms with E-state index < -0.39 is 5.91 Å². The van der Waals surface area contributed by atoms with Gasteiger partial charge in [-0.05, 0) is 30.8 Å². The van der Waals surface area contributed by atoms with E-state index in [4.69, 9.17) is 11.5 Å². The Balaban J connectivity index is 2.49. The van der Waals surface area contributed by atoms with Gasteiger partial charge in [0.2, 0.25) is 5.91 Å². The first-order valence-electron chi connectivity index (χ1n) is 5.02. The normalized spacial score (nSPS) is 10.1. The van der Waals surface area contributed by atoms with Crippen LogP contribution in [0, 0.1) is 0 Å². The topological polar surface area (TPSA) is 98.2 Å². The van der Waals surface area contributed by atoms with Crippen LogP contribution in [0.4, 0.5) is 5.00 Å². The number of nitrogens with two attached hydrogens (primary N) is 2. The minimum atomic E-state index is -0.529. The lowest BCUT2D eigenvalue weighted by Gasteiger charge is -2.03. The smallest absolute Gasteiger partial charge is 0.251 e. The first-order valence-corrected chi connectivity index (χ1v) is 5.90. The highest BCUT2D eigenvalue weighted by atomic mass is 32.1. The number of carbonyl (C=O) groups is 2. The number of rotatable bonds is 6. The summed E-state index contributed by atoms with van der Waals surface area (Å²) < 4.78 is 0. The van der Waals surface area contributed by atoms with Gasteiger partial charge in [-0.1, -0.05) is 0 Å². The second kappa shape index (κ2) is 6.24. The highest BCUT2D eigenvalue weighted by Crippen LogP contribution is 2.22. The summed E-state index contributed by atoms with van der Waals surface area (Å²) in [4.78, 5) is 22.4. The molecular weight excluding hydrogens is 226 g/mol. The third kappa shape index (κ3) is 3.63. The van der Waals surface area contributed by atoms with Crippen molar-refractivity contribution in [2.75, 3.05) is 11.9 Å². The second-order valence-corrected chi connectivity index (χ2v) is 4.24. The van der Waals surface area contributed by atoms with E-state index in [1.807, 2.05) is 0 Å². The molecule has 1 aromatic rings. The average Bonchev–Trinajstić information content (AvgIpc) is 2.66. The number of carbonyl (C=O) groups excluding carboxylic acids is 2. The van der Waals surface area contributed by atoms with Crippen LogP contribution in [-0.2, 0) is 4.79 Å². The van der Waals surface area contributed by atoms with E-state index in [0.29, 0.717) is 23.5 Å². The van der Waals surface area contributed by atoms with Gasteiger partial charge in [0.25, 0.3) is 5.91 Å². The number of anilines is 1. The molecule has 1 aromatic heterocycles. The highest BCUT2D eigenvalue weighted by Gasteiger charge is 2.11. The third-order valence-electron chi connectivity index (χ3n) is 2.04. The van der Waals surface area contributed by atoms with Gasteiger partial charge >= 0.3 is 0 Å². The van der Waals surface area contributed by atoms with Gasteiger partial charge in [-0.3, -0.25) is 9.59 Å². The number of amides is 2. The van der Waals surface area contributed by atoms with Crippen LogP contribution in [0.2, 0.25) is 0 Å². The molecule has 1 rings (SSSR count). The number of unbranched alkanes of at least 4 members (excludes halogenated alkanes) is 1. The van der Waals surface area contributed by atoms with E-state index in [1.165, 1.54) is 11.3 Å². The number of thiophene rings is 1. The molecule has 0 aromatic carbocycles. The Morgan fingerprint density at radius 3 is 2.75 bits per heavy atom. The Kier molecular flexibility index (Phi) is 4.94. The fraction of sp³-hybridized carbons (Fsp3) is 0.400. The Bertz CT molecular complexity index is 376. The van der Waals surface area contributed by atoms with Gasteiger partial charge in [0.15, 0.2) is 0 Å². The van der Waals surface area contributed by atoms with Crippen LogP contribution in [0.5, 0.6) is 0 Å². The molecule has 5 N–H and O–H groups in total. The molecule has 2 amide bonds. The summed E-state index contributed by atoms with van der Waals surface area (Å²) >= 11 is 1.29. The molecule has 0 aliphatic carbocycles. The molecule has 0 radical (unpaired) electrons. The number of nitrogens with one attached hydrogen (secondary N) is 1. The molecule has 0 saturated heterocycles. The monoisotopic (exact) mass is 241 g/mol. The molecule has 0 bridgehead atoms. The molecule has 0 aliphatic heterocycles. The van der Waals surface area contributed by atoms with Gasteiger partial charge in [0.1, 0.15) is 5.00 Å². The molecule has 6 heteroatoms. The minimum absolute atomic E-state index is 0.113. The fourth-order valence-corrected chi connectivity index (χ4v) is 2.03. The maximum absolute atomic E-state index is 11.5. The zero-order valence-electron chi connectivity index (χ0n) is 8.86. The molecular formula is C10H15N3O2S. The zero-order chi connectivity index (χ0) is 12.0. The van der Waals surface area contributed by atoms with Crippen molar-refractivity contribution in [1.82, 2.24) is 0 Å². The van der Waals surface area contributed by atoms with Crippen molar-refractivity contribution in [1.29, 1.82) is 0 Å². The summed E-state index contributed by atoms with van der Waals surface area (Å²) in [5.74, 6) is -0.642. The zero-order valence-corrected chi connectivity index (χ0v) is 9.68. The van der Waals surface area contributed by atoms with Crippen LogP contribution < -0.4 is 16.8 Å². The van der Waals surface area contributed by atoms with E-state index in [0.717, 1.165) is 12.8 Å². The molecule has 0 fully saturated rings. The molecule has 16 heavy (non-hydrogen) atoms. The lowest BCUT2D eigenvalue weighted by atomic mass is 10.2. The Labute approximate surface area is 97.8 Å². The van der Waals surface area contributed by atoms with E-state index in [1.54, 1.807) is 11.4 Å². The van der Waals surface area contributed by atoms with E-state index in [9.17, 15) is 9.59 Å². The molecule has 1 heterocycles. The van der Waals surface area contributed by atoms with Crippen LogP contribution in [-0.4, -0.2) is 18.4 Å². The number of hydrogen-bond donors (Lipinski definition) is 3. The Morgan fingerprint density at radius 2 is 2.12 bits per heavy atom. The Hall–Kier alpha value is -1.40. The molecule has 88 valence electrons. The van der Waals surface area contributed by atoms with Crippen molar-refractivity contribution in [2.24, 2.45) is 11.5 Å². The molecule has 0 atom stereocenters. The molecule has 0 spiro atoms. The summed E-state index contributed by atoms with van der Waals surface area (Å²) in [5.41, 5.74) is 10.8. The van der Waals surface area contributed by atoms with Crippen molar-refractivity contribution in [3.63, 3.8) is 0 Å². The van der Waals surface area contributed by atoms with Crippen LogP contribution in [0.15, 0.2) is 11.4 Å². The van der Waals surface area contributed by atoms with Crippen LogP contribution in [0.1, 0.15) is 29.6 Å². The predicted molar refractivity (Wildman–Crippen MR) is 64.4 cm³/mol. The highest BCUT2D eigenvalue weighted by molar-refractivity contribution is 7.14. The lowest BCUT2D eigenvalue weighted by Crippen LogP contribution is -2.16. The van der Waals surface area contributed by atoms with Crippen molar-refractivity contribution >= 4 is 28.2 Å². The van der Waals surface area contributed by atoms with Crippen LogP contribution >= 0.6 is 11.3 Å². The maximum atomic E-state index is 11.5. The van der Waals surface area contributed by atoms with Crippen LogP contribution in [0.25, 0.3) is 0 Å². The SMILES string of the molecule is NCCCCC(=O)Nc1sccc1C(N)=O. The summed E-state index contributed by atoms with van der Waals surface area (Å²) in [7, 11) is 0. The number of primary amides is 1. The van der Waals surface area contributed by atoms with Gasteiger partial charge in [-0.15, -0.1) is 11.3 Å². The largest absolute Gasteiger partial charge is 0.366 e. The Morgan fingerprint density at radius 1 is 1.38 bits per heavy atom. The predicted octanol–water partition coefficient (Wildman–Crippen LogP) is 0.915. The van der Waals surface area contributed by atoms with E-state index >= 15 is 0 Å². The quantitative estimate of drug-likeness (QED) is 0.646. The van der Waals surface area contributed by atoms with Gasteiger partial charge in [0, 0.05) is 6.42 Å². The summed E-state index contributed by atoms with van der Waals surface area (Å²) in [6, 6.07) is 1.60. The van der Waals surface area contributed by atoms with Crippen molar-refractivity contribution in [3.05, 3.63) is 17.0 Å². The molecule has 5 nitrogen and oxygen atoms in total. The van der Waals surface area contributed by atoms with Crippen molar-refractivity contribution < 1.29 is 9.59 Å². The lowest BCUT2D eigenvalue weighted by molar-refractivity contribution is -0.116.